The van der Waals surface area contributed by atoms with Crippen LogP contribution >= 0.6 is 23.5 Å². The Bertz CT molecular complexity index is 1130. The van der Waals surface area contributed by atoms with Gasteiger partial charge in [-0.2, -0.15) is 16.8 Å². The molecule has 1 saturated heterocycles. The Labute approximate surface area is 201 Å². The summed E-state index contributed by atoms with van der Waals surface area (Å²) in [6.07, 6.45) is 4.59. The standard InChI is InChI=1S/C19H26N2O8S4/c22-19(23)5-10-9-20-13-3-1-11(32(24,25)26)6-15(13)30-17(20)8-18-21(10)14-4-2-12(33(27,28)29)7-16(14)31-18/h8,10-16H,1-7,9H2,(H2-,22,23,24,25,26,27,28,29)/p+1. The van der Waals surface area contributed by atoms with Crippen LogP contribution in [0.15, 0.2) is 11.1 Å². The third kappa shape index (κ3) is 4.46. The van der Waals surface area contributed by atoms with Crippen molar-refractivity contribution in [3.8, 4) is 0 Å². The molecule has 3 N–H and O–H groups in total. The number of nitrogens with zero attached hydrogens (tertiary/aromatic N) is 2. The van der Waals surface area contributed by atoms with Gasteiger partial charge in [-0.25, -0.2) is 4.58 Å². The number of hydrogen-bond donors (Lipinski definition) is 3. The summed E-state index contributed by atoms with van der Waals surface area (Å²) in [7, 11) is -8.21. The van der Waals surface area contributed by atoms with Crippen LogP contribution in [0.3, 0.4) is 0 Å². The van der Waals surface area contributed by atoms with E-state index in [1.54, 1.807) is 23.5 Å². The van der Waals surface area contributed by atoms with Gasteiger partial charge < -0.3 is 10.0 Å². The van der Waals surface area contributed by atoms with Gasteiger partial charge in [-0.3, -0.25) is 13.9 Å². The molecule has 2 saturated carbocycles. The molecule has 0 bridgehead atoms. The van der Waals surface area contributed by atoms with E-state index in [9.17, 15) is 35.8 Å². The summed E-state index contributed by atoms with van der Waals surface area (Å²) in [4.78, 5) is 13.9. The van der Waals surface area contributed by atoms with Crippen molar-refractivity contribution in [3.05, 3.63) is 11.1 Å². The van der Waals surface area contributed by atoms with Gasteiger partial charge in [-0.1, -0.05) is 0 Å². The summed E-state index contributed by atoms with van der Waals surface area (Å²) < 4.78 is 68.1. The topological polar surface area (TPSA) is 152 Å². The molecule has 7 unspecified atom stereocenters. The maximum atomic E-state index is 11.7. The zero-order chi connectivity index (χ0) is 23.7. The first-order valence-electron chi connectivity index (χ1n) is 11.0. The molecule has 0 radical (unpaired) electrons. The third-order valence-corrected chi connectivity index (χ3v) is 12.9. The maximum Gasteiger partial charge on any atom is 0.305 e. The molecule has 0 aromatic heterocycles. The van der Waals surface area contributed by atoms with Crippen molar-refractivity contribution in [2.24, 2.45) is 0 Å². The zero-order valence-electron chi connectivity index (χ0n) is 17.7. The second-order valence-corrected chi connectivity index (χ2v) is 15.4. The molecule has 0 spiro atoms. The predicted octanol–water partition coefficient (Wildman–Crippen LogP) is 1.25. The molecule has 0 aromatic rings. The summed E-state index contributed by atoms with van der Waals surface area (Å²) in [5.74, 6) is -0.902. The van der Waals surface area contributed by atoms with Gasteiger partial charge in [-0.05, 0) is 43.9 Å². The second-order valence-electron chi connectivity index (χ2n) is 9.48. The molecule has 5 rings (SSSR count). The quantitative estimate of drug-likeness (QED) is 0.349. The molecule has 14 heteroatoms. The molecule has 10 nitrogen and oxygen atoms in total. The van der Waals surface area contributed by atoms with Crippen LogP contribution in [0.2, 0.25) is 0 Å². The lowest BCUT2D eigenvalue weighted by Gasteiger charge is -2.38. The second kappa shape index (κ2) is 8.40. The Morgan fingerprint density at radius 1 is 1.00 bits per heavy atom. The van der Waals surface area contributed by atoms with Crippen LogP contribution < -0.4 is 0 Å². The monoisotopic (exact) mass is 539 g/mol. The molecule has 5 aliphatic rings. The number of rotatable bonds is 4. The largest absolute Gasteiger partial charge is 0.481 e. The summed E-state index contributed by atoms with van der Waals surface area (Å²) >= 11 is 3.14. The average molecular weight is 540 g/mol. The molecular weight excluding hydrogens is 512 g/mol. The van der Waals surface area contributed by atoms with Gasteiger partial charge >= 0.3 is 5.97 Å². The molecule has 184 valence electrons. The third-order valence-electron chi connectivity index (χ3n) is 7.56. The number of thioether (sulfide) groups is 2. The van der Waals surface area contributed by atoms with Crippen molar-refractivity contribution in [1.29, 1.82) is 0 Å². The molecule has 3 aliphatic heterocycles. The van der Waals surface area contributed by atoms with E-state index < -0.39 is 36.7 Å². The van der Waals surface area contributed by atoms with Crippen molar-refractivity contribution in [1.82, 2.24) is 4.90 Å². The highest BCUT2D eigenvalue weighted by molar-refractivity contribution is 8.15. The Morgan fingerprint density at radius 2 is 1.64 bits per heavy atom. The van der Waals surface area contributed by atoms with Gasteiger partial charge in [0.05, 0.1) is 33.2 Å². The minimum absolute atomic E-state index is 0.00662. The van der Waals surface area contributed by atoms with Crippen LogP contribution in [0.5, 0.6) is 0 Å². The van der Waals surface area contributed by atoms with Gasteiger partial charge in [0.25, 0.3) is 20.2 Å². The van der Waals surface area contributed by atoms with Gasteiger partial charge in [-0.15, -0.1) is 11.8 Å². The molecule has 0 aromatic carbocycles. The lowest BCUT2D eigenvalue weighted by atomic mass is 9.91. The minimum Gasteiger partial charge on any atom is -0.481 e. The first-order chi connectivity index (χ1) is 15.4. The van der Waals surface area contributed by atoms with Crippen LogP contribution in [-0.4, -0.2) is 97.2 Å². The SMILES string of the molecule is O=C(O)CC1C[N+]2=C(C=C3SC4CC(S(=O)(=O)O)CCC4N31)SC1CC(S(=O)(=O)O)CCC12. The normalized spacial score (nSPS) is 38.7. The van der Waals surface area contributed by atoms with E-state index in [4.69, 9.17) is 0 Å². The summed E-state index contributed by atoms with van der Waals surface area (Å²) in [6.45, 7) is 0.498. The molecule has 33 heavy (non-hydrogen) atoms. The van der Waals surface area contributed by atoms with E-state index in [-0.39, 0.29) is 35.0 Å². The lowest BCUT2D eigenvalue weighted by Crippen LogP contribution is -2.50. The highest BCUT2D eigenvalue weighted by Crippen LogP contribution is 2.50. The van der Waals surface area contributed by atoms with Crippen LogP contribution in [-0.2, 0) is 25.0 Å². The fourth-order valence-electron chi connectivity index (χ4n) is 6.07. The first kappa shape index (κ1) is 23.9. The highest BCUT2D eigenvalue weighted by Gasteiger charge is 2.54. The van der Waals surface area contributed by atoms with Crippen molar-refractivity contribution >= 4 is 54.8 Å². The Morgan fingerprint density at radius 3 is 2.27 bits per heavy atom. The van der Waals surface area contributed by atoms with Gasteiger partial charge in [0.2, 0.25) is 5.04 Å². The Hall–Kier alpha value is -0.800. The number of aliphatic carboxylic acids is 1. The van der Waals surface area contributed by atoms with Crippen molar-refractivity contribution in [2.75, 3.05) is 6.54 Å². The Kier molecular flexibility index (Phi) is 6.09. The maximum absolute atomic E-state index is 11.7. The Balaban J connectivity index is 1.44. The van der Waals surface area contributed by atoms with E-state index in [2.05, 4.69) is 9.48 Å². The molecule has 7 atom stereocenters. The number of carboxylic acid groups (broad SMARTS) is 1. The van der Waals surface area contributed by atoms with E-state index >= 15 is 0 Å². The highest BCUT2D eigenvalue weighted by atomic mass is 32.2. The van der Waals surface area contributed by atoms with Gasteiger partial charge in [0, 0.05) is 23.8 Å². The number of carbonyl (C=O) groups is 1. The molecule has 3 fully saturated rings. The smallest absolute Gasteiger partial charge is 0.305 e. The predicted molar refractivity (Wildman–Crippen MR) is 125 cm³/mol. The van der Waals surface area contributed by atoms with E-state index in [1.807, 2.05) is 6.08 Å². The van der Waals surface area contributed by atoms with Gasteiger partial charge in [0.1, 0.15) is 0 Å². The van der Waals surface area contributed by atoms with E-state index in [1.165, 1.54) is 0 Å². The van der Waals surface area contributed by atoms with Crippen LogP contribution in [0.4, 0.5) is 0 Å². The van der Waals surface area contributed by atoms with Crippen molar-refractivity contribution in [3.63, 3.8) is 0 Å². The lowest BCUT2D eigenvalue weighted by molar-refractivity contribution is -0.565. The molecular formula is C19H27N2O8S4+. The number of carboxylic acids is 1. The zero-order valence-corrected chi connectivity index (χ0v) is 21.0. The summed E-state index contributed by atoms with van der Waals surface area (Å²) in [6, 6.07) is -0.192. The van der Waals surface area contributed by atoms with E-state index in [0.717, 1.165) is 10.1 Å². The number of hydrogen-bond acceptors (Lipinski definition) is 8. The van der Waals surface area contributed by atoms with Crippen molar-refractivity contribution in [2.45, 2.75) is 84.1 Å². The van der Waals surface area contributed by atoms with Crippen LogP contribution in [0, 0.1) is 0 Å². The van der Waals surface area contributed by atoms with Crippen molar-refractivity contribution < 1.29 is 40.4 Å². The fraction of sp³-hybridized carbons (Fsp3) is 0.789. The summed E-state index contributed by atoms with van der Waals surface area (Å²) in [5.41, 5.74) is 0. The minimum atomic E-state index is -4.12. The van der Waals surface area contributed by atoms with E-state index in [0.29, 0.717) is 45.1 Å². The average Bonchev–Trinajstić information content (AvgIpc) is 3.18. The van der Waals surface area contributed by atoms with Crippen LogP contribution in [0.25, 0.3) is 0 Å². The van der Waals surface area contributed by atoms with Crippen LogP contribution in [0.1, 0.15) is 44.9 Å². The molecule has 3 heterocycles. The molecule has 0 amide bonds. The fourth-order valence-corrected chi connectivity index (χ4v) is 11.4. The number of fused-ring (bicyclic) bond motifs is 5. The summed E-state index contributed by atoms with van der Waals surface area (Å²) in [5, 5.41) is 9.93. The molecule has 2 aliphatic carbocycles. The van der Waals surface area contributed by atoms with Gasteiger partial charge in [0.15, 0.2) is 12.6 Å². The first-order valence-corrected chi connectivity index (χ1v) is 15.8.